The molecule has 1 aliphatic rings. The first-order chi connectivity index (χ1) is 11.2. The summed E-state index contributed by atoms with van der Waals surface area (Å²) in [6.07, 6.45) is 6.32. The van der Waals surface area contributed by atoms with E-state index in [4.69, 9.17) is 0 Å². The van der Waals surface area contributed by atoms with Gasteiger partial charge in [0.15, 0.2) is 0 Å². The molecule has 6 nitrogen and oxygen atoms in total. The minimum absolute atomic E-state index is 0.124. The number of rotatable bonds is 6. The Morgan fingerprint density at radius 3 is 2.83 bits per heavy atom. The molecule has 1 aliphatic carbocycles. The summed E-state index contributed by atoms with van der Waals surface area (Å²) in [5.74, 6) is -0.124. The van der Waals surface area contributed by atoms with Gasteiger partial charge in [-0.3, -0.25) is 14.6 Å². The van der Waals surface area contributed by atoms with Crippen LogP contribution in [-0.4, -0.2) is 31.6 Å². The predicted molar refractivity (Wildman–Crippen MR) is 85.9 cm³/mol. The molecule has 1 amide bonds. The van der Waals surface area contributed by atoms with Crippen molar-refractivity contribution in [2.24, 2.45) is 0 Å². The number of aromatic nitrogens is 3. The third-order valence-corrected chi connectivity index (χ3v) is 3.85. The zero-order valence-electron chi connectivity index (χ0n) is 13.2. The van der Waals surface area contributed by atoms with Crippen molar-refractivity contribution in [3.05, 3.63) is 58.3 Å². The summed E-state index contributed by atoms with van der Waals surface area (Å²) in [6, 6.07) is 7.03. The molecule has 0 spiro atoms. The Labute approximate surface area is 134 Å². The molecule has 2 aromatic heterocycles. The van der Waals surface area contributed by atoms with Crippen LogP contribution in [0.2, 0.25) is 0 Å². The van der Waals surface area contributed by atoms with Crippen LogP contribution in [0, 0.1) is 0 Å². The van der Waals surface area contributed by atoms with Gasteiger partial charge in [0.05, 0.1) is 0 Å². The molecular formula is C17H20N4O2. The van der Waals surface area contributed by atoms with E-state index in [9.17, 15) is 9.59 Å². The number of hydrogen-bond donors (Lipinski definition) is 0. The lowest BCUT2D eigenvalue weighted by Crippen LogP contribution is -2.35. The highest BCUT2D eigenvalue weighted by Gasteiger charge is 2.33. The summed E-state index contributed by atoms with van der Waals surface area (Å²) < 4.78 is 1.36. The Bertz CT molecular complexity index is 738. The van der Waals surface area contributed by atoms with Gasteiger partial charge in [-0.1, -0.05) is 13.0 Å². The minimum Gasteiger partial charge on any atom is -0.330 e. The van der Waals surface area contributed by atoms with Crippen LogP contribution in [0.3, 0.4) is 0 Å². The molecule has 1 fully saturated rings. The lowest BCUT2D eigenvalue weighted by molar-refractivity contribution is 0.0720. The average Bonchev–Trinajstić information content (AvgIpc) is 3.40. The Kier molecular flexibility index (Phi) is 4.50. The summed E-state index contributed by atoms with van der Waals surface area (Å²) in [6.45, 7) is 3.01. The van der Waals surface area contributed by atoms with Gasteiger partial charge in [0.2, 0.25) is 0 Å². The largest absolute Gasteiger partial charge is 0.330 e. The van der Waals surface area contributed by atoms with Gasteiger partial charge in [0.25, 0.3) is 11.5 Å². The van der Waals surface area contributed by atoms with Crippen LogP contribution in [0.4, 0.5) is 0 Å². The van der Waals surface area contributed by atoms with Gasteiger partial charge in [-0.25, -0.2) is 4.68 Å². The predicted octanol–water partition coefficient (Wildman–Crippen LogP) is 1.85. The maximum absolute atomic E-state index is 12.8. The number of carbonyl (C=O) groups excluding carboxylic acids is 1. The summed E-state index contributed by atoms with van der Waals surface area (Å²) in [4.78, 5) is 30.5. The van der Waals surface area contributed by atoms with Crippen LogP contribution in [0.25, 0.3) is 0 Å². The van der Waals surface area contributed by atoms with E-state index < -0.39 is 0 Å². The molecule has 2 heterocycles. The Balaban J connectivity index is 1.84. The summed E-state index contributed by atoms with van der Waals surface area (Å²) >= 11 is 0. The number of carbonyl (C=O) groups is 1. The average molecular weight is 312 g/mol. The van der Waals surface area contributed by atoms with E-state index in [0.29, 0.717) is 18.8 Å². The molecule has 3 rings (SSSR count). The molecule has 6 heteroatoms. The Morgan fingerprint density at radius 2 is 2.17 bits per heavy atom. The van der Waals surface area contributed by atoms with Crippen molar-refractivity contribution in [2.75, 3.05) is 0 Å². The first kappa shape index (κ1) is 15.4. The molecule has 0 radical (unpaired) electrons. The highest BCUT2D eigenvalue weighted by Crippen LogP contribution is 2.29. The first-order valence-electron chi connectivity index (χ1n) is 7.97. The van der Waals surface area contributed by atoms with E-state index >= 15 is 0 Å². The van der Waals surface area contributed by atoms with Crippen LogP contribution in [0.1, 0.15) is 42.2 Å². The van der Waals surface area contributed by atoms with E-state index in [0.717, 1.165) is 24.8 Å². The first-order valence-corrected chi connectivity index (χ1v) is 7.97. The van der Waals surface area contributed by atoms with Crippen molar-refractivity contribution in [3.63, 3.8) is 0 Å². The zero-order valence-corrected chi connectivity index (χ0v) is 13.2. The fourth-order valence-electron chi connectivity index (χ4n) is 2.52. The molecule has 2 aromatic rings. The minimum atomic E-state index is -0.173. The smallest absolute Gasteiger partial charge is 0.274 e. The molecule has 1 saturated carbocycles. The van der Waals surface area contributed by atoms with Gasteiger partial charge in [-0.05, 0) is 37.0 Å². The SMILES string of the molecule is CCCn1nc(C(=O)N(Cc2cccnc2)C2CC2)ccc1=O. The van der Waals surface area contributed by atoms with E-state index in [1.165, 1.54) is 16.8 Å². The molecule has 0 aliphatic heterocycles. The van der Waals surface area contributed by atoms with E-state index in [-0.39, 0.29) is 17.5 Å². The standard InChI is InChI=1S/C17H20N4O2/c1-2-10-21-16(22)8-7-15(19-21)17(23)20(14-5-6-14)12-13-4-3-9-18-11-13/h3-4,7-9,11,14H,2,5-6,10,12H2,1H3. The highest BCUT2D eigenvalue weighted by molar-refractivity contribution is 5.92. The van der Waals surface area contributed by atoms with Gasteiger partial charge < -0.3 is 4.90 Å². The van der Waals surface area contributed by atoms with Crippen LogP contribution in [0.15, 0.2) is 41.5 Å². The summed E-state index contributed by atoms with van der Waals surface area (Å²) in [5.41, 5.74) is 1.15. The van der Waals surface area contributed by atoms with Crippen molar-refractivity contribution >= 4 is 5.91 Å². The normalized spacial score (nSPS) is 13.8. The number of aryl methyl sites for hydroxylation is 1. The van der Waals surface area contributed by atoms with Gasteiger partial charge in [0.1, 0.15) is 5.69 Å². The van der Waals surface area contributed by atoms with E-state index in [1.54, 1.807) is 12.4 Å². The van der Waals surface area contributed by atoms with Crippen LogP contribution < -0.4 is 5.56 Å². The molecule has 0 aromatic carbocycles. The van der Waals surface area contributed by atoms with Crippen molar-refractivity contribution < 1.29 is 4.79 Å². The lowest BCUT2D eigenvalue weighted by atomic mass is 10.2. The molecular weight excluding hydrogens is 292 g/mol. The van der Waals surface area contributed by atoms with Gasteiger partial charge in [-0.15, -0.1) is 0 Å². The maximum atomic E-state index is 12.8. The van der Waals surface area contributed by atoms with Crippen molar-refractivity contribution in [1.29, 1.82) is 0 Å². The topological polar surface area (TPSA) is 68.1 Å². The number of nitrogens with zero attached hydrogens (tertiary/aromatic N) is 4. The third-order valence-electron chi connectivity index (χ3n) is 3.85. The number of amides is 1. The molecule has 0 N–H and O–H groups in total. The molecule has 0 saturated heterocycles. The van der Waals surface area contributed by atoms with Gasteiger partial charge in [-0.2, -0.15) is 5.10 Å². The molecule has 0 bridgehead atoms. The van der Waals surface area contributed by atoms with Gasteiger partial charge >= 0.3 is 0 Å². The van der Waals surface area contributed by atoms with Gasteiger partial charge in [0, 0.05) is 37.6 Å². The summed E-state index contributed by atoms with van der Waals surface area (Å²) in [5, 5.41) is 4.23. The maximum Gasteiger partial charge on any atom is 0.274 e. The molecule has 23 heavy (non-hydrogen) atoms. The lowest BCUT2D eigenvalue weighted by Gasteiger charge is -2.22. The molecule has 0 unspecified atom stereocenters. The second-order valence-corrected chi connectivity index (χ2v) is 5.81. The molecule has 0 atom stereocenters. The Morgan fingerprint density at radius 1 is 1.35 bits per heavy atom. The number of pyridine rings is 1. The monoisotopic (exact) mass is 312 g/mol. The zero-order chi connectivity index (χ0) is 16.2. The van der Waals surface area contributed by atoms with Crippen LogP contribution in [-0.2, 0) is 13.1 Å². The Hall–Kier alpha value is -2.50. The van der Waals surface area contributed by atoms with E-state index in [2.05, 4.69) is 10.1 Å². The molecule has 120 valence electrons. The van der Waals surface area contributed by atoms with Crippen molar-refractivity contribution in [3.8, 4) is 0 Å². The fraction of sp³-hybridized carbons (Fsp3) is 0.412. The third kappa shape index (κ3) is 3.64. The second-order valence-electron chi connectivity index (χ2n) is 5.81. The quantitative estimate of drug-likeness (QED) is 0.816. The van der Waals surface area contributed by atoms with Crippen LogP contribution >= 0.6 is 0 Å². The summed E-state index contributed by atoms with van der Waals surface area (Å²) in [7, 11) is 0. The van der Waals surface area contributed by atoms with Crippen molar-refractivity contribution in [2.45, 2.75) is 45.3 Å². The fourth-order valence-corrected chi connectivity index (χ4v) is 2.52. The number of hydrogen-bond acceptors (Lipinski definition) is 4. The van der Waals surface area contributed by atoms with Crippen molar-refractivity contribution in [1.82, 2.24) is 19.7 Å². The highest BCUT2D eigenvalue weighted by atomic mass is 16.2. The van der Waals surface area contributed by atoms with E-state index in [1.807, 2.05) is 24.0 Å². The second kappa shape index (κ2) is 6.73. The van der Waals surface area contributed by atoms with Crippen LogP contribution in [0.5, 0.6) is 0 Å².